The summed E-state index contributed by atoms with van der Waals surface area (Å²) in [6, 6.07) is 33.3. The largest absolute Gasteiger partial charge is 0.497 e. The molecule has 5 rings (SSSR count). The second-order valence-corrected chi connectivity index (χ2v) is 9.52. The van der Waals surface area contributed by atoms with E-state index in [1.165, 1.54) is 11.3 Å². The molecule has 0 bridgehead atoms. The molecule has 5 nitrogen and oxygen atoms in total. The van der Waals surface area contributed by atoms with Gasteiger partial charge in [0.2, 0.25) is 4.80 Å². The zero-order chi connectivity index (χ0) is 24.7. The predicted molar refractivity (Wildman–Crippen MR) is 150 cm³/mol. The number of para-hydroxylation sites is 1. The van der Waals surface area contributed by atoms with Crippen LogP contribution in [0.15, 0.2) is 123 Å². The van der Waals surface area contributed by atoms with Gasteiger partial charge in [-0.2, -0.15) is 5.10 Å². The van der Waals surface area contributed by atoms with E-state index in [2.05, 4.69) is 33.4 Å². The number of benzene rings is 4. The highest BCUT2D eigenvalue weighted by molar-refractivity contribution is 9.10. The number of halogens is 1. The van der Waals surface area contributed by atoms with Gasteiger partial charge in [-0.1, -0.05) is 58.4 Å². The molecule has 0 N–H and O–H groups in total. The molecule has 0 unspecified atom stereocenters. The highest BCUT2D eigenvalue weighted by atomic mass is 79.9. The molecule has 0 amide bonds. The fraction of sp³-hybridized carbons (Fsp3) is 0.0345. The molecular formula is C29H22BrN3O2S. The molecule has 0 saturated heterocycles. The summed E-state index contributed by atoms with van der Waals surface area (Å²) < 4.78 is 14.1. The number of hydrogen-bond acceptors (Lipinski definition) is 5. The SMILES string of the molecule is COc1ccc(N=c2scc(-c3cccc(Br)c3)n2/N=C/c2cccc(Oc3ccccc3)c2)cc1. The molecule has 5 aromatic rings. The van der Waals surface area contributed by atoms with Crippen molar-refractivity contribution >= 4 is 39.2 Å². The summed E-state index contributed by atoms with van der Waals surface area (Å²) in [6.07, 6.45) is 1.82. The molecule has 0 saturated carbocycles. The second kappa shape index (κ2) is 11.2. The van der Waals surface area contributed by atoms with Gasteiger partial charge in [-0.15, -0.1) is 11.3 Å². The molecular weight excluding hydrogens is 534 g/mol. The van der Waals surface area contributed by atoms with Crippen molar-refractivity contribution in [2.75, 3.05) is 7.11 Å². The summed E-state index contributed by atoms with van der Waals surface area (Å²) in [5, 5.41) is 6.90. The van der Waals surface area contributed by atoms with Crippen molar-refractivity contribution in [3.63, 3.8) is 0 Å². The maximum atomic E-state index is 5.98. The minimum atomic E-state index is 0.746. The van der Waals surface area contributed by atoms with Crippen molar-refractivity contribution in [2.24, 2.45) is 10.1 Å². The van der Waals surface area contributed by atoms with Gasteiger partial charge >= 0.3 is 0 Å². The Bertz CT molecular complexity index is 1560. The summed E-state index contributed by atoms with van der Waals surface area (Å²) in [5.74, 6) is 2.32. The third-order valence-electron chi connectivity index (χ3n) is 5.26. The Kier molecular flexibility index (Phi) is 7.40. The highest BCUT2D eigenvalue weighted by Crippen LogP contribution is 2.25. The van der Waals surface area contributed by atoms with E-state index in [4.69, 9.17) is 19.6 Å². The molecule has 0 aliphatic heterocycles. The highest BCUT2D eigenvalue weighted by Gasteiger charge is 2.09. The van der Waals surface area contributed by atoms with Crippen LogP contribution in [-0.2, 0) is 0 Å². The van der Waals surface area contributed by atoms with Crippen molar-refractivity contribution in [3.05, 3.63) is 123 Å². The van der Waals surface area contributed by atoms with E-state index in [-0.39, 0.29) is 0 Å². The van der Waals surface area contributed by atoms with Crippen LogP contribution in [-0.4, -0.2) is 18.0 Å². The second-order valence-electron chi connectivity index (χ2n) is 7.77. The molecule has 0 aliphatic rings. The Morgan fingerprint density at radius 2 is 1.58 bits per heavy atom. The summed E-state index contributed by atoms with van der Waals surface area (Å²) in [4.78, 5) is 5.60. The molecule has 7 heteroatoms. The van der Waals surface area contributed by atoms with E-state index in [1.54, 1.807) is 7.11 Å². The minimum Gasteiger partial charge on any atom is -0.497 e. The smallest absolute Gasteiger partial charge is 0.211 e. The van der Waals surface area contributed by atoms with Crippen molar-refractivity contribution in [2.45, 2.75) is 0 Å². The number of hydrogen-bond donors (Lipinski definition) is 0. The summed E-state index contributed by atoms with van der Waals surface area (Å²) in [5.41, 5.74) is 3.72. The lowest BCUT2D eigenvalue weighted by Gasteiger charge is -2.06. The molecule has 0 radical (unpaired) electrons. The fourth-order valence-corrected chi connectivity index (χ4v) is 4.77. The van der Waals surface area contributed by atoms with E-state index < -0.39 is 0 Å². The van der Waals surface area contributed by atoms with E-state index in [9.17, 15) is 0 Å². The van der Waals surface area contributed by atoms with Crippen LogP contribution >= 0.6 is 27.3 Å². The van der Waals surface area contributed by atoms with Crippen LogP contribution in [0, 0.1) is 0 Å². The topological polar surface area (TPSA) is 48.1 Å². The fourth-order valence-electron chi connectivity index (χ4n) is 3.51. The lowest BCUT2D eigenvalue weighted by Crippen LogP contribution is -2.11. The normalized spacial score (nSPS) is 11.7. The first-order valence-electron chi connectivity index (χ1n) is 11.2. The Labute approximate surface area is 221 Å². The number of thiazole rings is 1. The van der Waals surface area contributed by atoms with Crippen LogP contribution in [0.1, 0.15) is 5.56 Å². The Morgan fingerprint density at radius 3 is 2.36 bits per heavy atom. The first kappa shape index (κ1) is 23.8. The van der Waals surface area contributed by atoms with Crippen molar-refractivity contribution in [1.29, 1.82) is 0 Å². The summed E-state index contributed by atoms with van der Waals surface area (Å²) >= 11 is 5.11. The Balaban J connectivity index is 1.52. The lowest BCUT2D eigenvalue weighted by molar-refractivity contribution is 0.415. The molecule has 178 valence electrons. The van der Waals surface area contributed by atoms with Gasteiger partial charge in [0.05, 0.1) is 24.7 Å². The number of ether oxygens (including phenoxy) is 2. The van der Waals surface area contributed by atoms with Crippen molar-refractivity contribution < 1.29 is 9.47 Å². The molecule has 0 atom stereocenters. The number of nitrogens with zero attached hydrogens (tertiary/aromatic N) is 3. The predicted octanol–water partition coefficient (Wildman–Crippen LogP) is 7.89. The van der Waals surface area contributed by atoms with Gasteiger partial charge in [0.1, 0.15) is 17.2 Å². The van der Waals surface area contributed by atoms with Crippen LogP contribution in [0.2, 0.25) is 0 Å². The zero-order valence-corrected chi connectivity index (χ0v) is 21.8. The minimum absolute atomic E-state index is 0.746. The van der Waals surface area contributed by atoms with Gasteiger partial charge in [0, 0.05) is 15.4 Å². The third-order valence-corrected chi connectivity index (χ3v) is 6.57. The van der Waals surface area contributed by atoms with Gasteiger partial charge in [0.25, 0.3) is 0 Å². The average Bonchev–Trinajstić information content (AvgIpc) is 3.31. The molecule has 4 aromatic carbocycles. The van der Waals surface area contributed by atoms with Crippen LogP contribution in [0.3, 0.4) is 0 Å². The summed E-state index contributed by atoms with van der Waals surface area (Å²) in [7, 11) is 1.65. The number of rotatable bonds is 7. The van der Waals surface area contributed by atoms with Gasteiger partial charge in [0.15, 0.2) is 0 Å². The molecule has 1 aromatic heterocycles. The van der Waals surface area contributed by atoms with Gasteiger partial charge < -0.3 is 9.47 Å². The van der Waals surface area contributed by atoms with Gasteiger partial charge in [-0.25, -0.2) is 9.67 Å². The zero-order valence-electron chi connectivity index (χ0n) is 19.4. The first-order chi connectivity index (χ1) is 17.7. The lowest BCUT2D eigenvalue weighted by atomic mass is 10.2. The maximum Gasteiger partial charge on any atom is 0.211 e. The van der Waals surface area contributed by atoms with Gasteiger partial charge in [-0.3, -0.25) is 0 Å². The first-order valence-corrected chi connectivity index (χ1v) is 12.9. The molecule has 0 spiro atoms. The standard InChI is InChI=1S/C29H22BrN3O2S/c1-34-25-15-13-24(14-16-25)32-29-33(28(20-36-29)22-8-6-9-23(30)18-22)31-19-21-7-5-12-27(17-21)35-26-10-3-2-4-11-26/h2-20H,1H3/b31-19+,32-29?. The molecule has 0 fully saturated rings. The van der Waals surface area contributed by atoms with Crippen molar-refractivity contribution in [1.82, 2.24) is 4.68 Å². The Hall–Kier alpha value is -3.94. The number of aromatic nitrogens is 1. The van der Waals surface area contributed by atoms with E-state index >= 15 is 0 Å². The Morgan fingerprint density at radius 1 is 0.806 bits per heavy atom. The number of methoxy groups -OCH3 is 1. The van der Waals surface area contributed by atoms with Crippen LogP contribution in [0.5, 0.6) is 17.2 Å². The van der Waals surface area contributed by atoms with E-state index in [0.29, 0.717) is 0 Å². The van der Waals surface area contributed by atoms with E-state index in [1.807, 2.05) is 102 Å². The third kappa shape index (κ3) is 5.82. The molecule has 1 heterocycles. The summed E-state index contributed by atoms with van der Waals surface area (Å²) in [6.45, 7) is 0. The van der Waals surface area contributed by atoms with Crippen LogP contribution < -0.4 is 14.3 Å². The maximum absolute atomic E-state index is 5.98. The average molecular weight is 556 g/mol. The molecule has 0 aliphatic carbocycles. The quantitative estimate of drug-likeness (QED) is 0.192. The van der Waals surface area contributed by atoms with Gasteiger partial charge in [-0.05, 0) is 66.2 Å². The van der Waals surface area contributed by atoms with E-state index in [0.717, 1.165) is 49.0 Å². The molecule has 36 heavy (non-hydrogen) atoms. The van der Waals surface area contributed by atoms with Crippen LogP contribution in [0.4, 0.5) is 5.69 Å². The monoisotopic (exact) mass is 555 g/mol. The van der Waals surface area contributed by atoms with Crippen LogP contribution in [0.25, 0.3) is 11.3 Å². The van der Waals surface area contributed by atoms with Crippen molar-refractivity contribution in [3.8, 4) is 28.5 Å².